The van der Waals surface area contributed by atoms with E-state index in [2.05, 4.69) is 15.5 Å². The van der Waals surface area contributed by atoms with Crippen molar-refractivity contribution in [1.82, 2.24) is 14.5 Å². The van der Waals surface area contributed by atoms with E-state index in [4.69, 9.17) is 9.15 Å². The summed E-state index contributed by atoms with van der Waals surface area (Å²) < 4.78 is 50.6. The molecule has 0 spiro atoms. The standard InChI is InChI=1S/C18H21FN4O5S/c19-13-3-5-14(6-4-13)29(25,26)23-9-7-12(8-10-23)16(24)20-18-22-21-17(28-18)15-2-1-11-27-15/h3-6,12,15H,1-2,7-11H2,(H,20,22,24). The van der Waals surface area contributed by atoms with Crippen LogP contribution in [0.15, 0.2) is 33.6 Å². The van der Waals surface area contributed by atoms with Gasteiger partial charge in [0.15, 0.2) is 0 Å². The van der Waals surface area contributed by atoms with Gasteiger partial charge in [0.1, 0.15) is 11.9 Å². The molecule has 1 unspecified atom stereocenters. The molecule has 1 aromatic heterocycles. The molecule has 2 aromatic rings. The molecule has 11 heteroatoms. The van der Waals surface area contributed by atoms with Crippen LogP contribution in [0.1, 0.15) is 37.7 Å². The molecule has 0 saturated carbocycles. The van der Waals surface area contributed by atoms with E-state index >= 15 is 0 Å². The molecule has 2 fully saturated rings. The highest BCUT2D eigenvalue weighted by molar-refractivity contribution is 7.89. The summed E-state index contributed by atoms with van der Waals surface area (Å²) in [6.07, 6.45) is 2.22. The van der Waals surface area contributed by atoms with Gasteiger partial charge < -0.3 is 9.15 Å². The Kier molecular flexibility index (Phi) is 5.61. The number of nitrogens with one attached hydrogen (secondary N) is 1. The Balaban J connectivity index is 1.33. The van der Waals surface area contributed by atoms with E-state index in [-0.39, 0.29) is 41.9 Å². The number of benzene rings is 1. The SMILES string of the molecule is O=C(Nc1nnc(C2CCCO2)o1)C1CCN(S(=O)(=O)c2ccc(F)cc2)CC1. The highest BCUT2D eigenvalue weighted by atomic mass is 32.2. The molecule has 29 heavy (non-hydrogen) atoms. The summed E-state index contributed by atoms with van der Waals surface area (Å²) in [6, 6.07) is 4.72. The zero-order valence-electron chi connectivity index (χ0n) is 15.6. The van der Waals surface area contributed by atoms with Crippen LogP contribution in [0.5, 0.6) is 0 Å². The van der Waals surface area contributed by atoms with E-state index in [9.17, 15) is 17.6 Å². The summed E-state index contributed by atoms with van der Waals surface area (Å²) in [5.74, 6) is -0.805. The van der Waals surface area contributed by atoms with Gasteiger partial charge >= 0.3 is 6.01 Å². The van der Waals surface area contributed by atoms with Crippen molar-refractivity contribution in [2.75, 3.05) is 25.0 Å². The molecule has 4 rings (SSSR count). The summed E-state index contributed by atoms with van der Waals surface area (Å²) >= 11 is 0. The van der Waals surface area contributed by atoms with Crippen LogP contribution < -0.4 is 5.32 Å². The van der Waals surface area contributed by atoms with Crippen molar-refractivity contribution in [2.24, 2.45) is 5.92 Å². The smallest absolute Gasteiger partial charge is 0.322 e. The molecule has 3 heterocycles. The lowest BCUT2D eigenvalue weighted by Gasteiger charge is -2.30. The van der Waals surface area contributed by atoms with Gasteiger partial charge in [-0.2, -0.15) is 4.31 Å². The number of piperidine rings is 1. The summed E-state index contributed by atoms with van der Waals surface area (Å²) in [6.45, 7) is 1.04. The maximum absolute atomic E-state index is 13.0. The minimum absolute atomic E-state index is 0.0156. The topological polar surface area (TPSA) is 115 Å². The van der Waals surface area contributed by atoms with Crippen molar-refractivity contribution >= 4 is 21.9 Å². The number of rotatable bonds is 5. The van der Waals surface area contributed by atoms with Gasteiger partial charge in [-0.3, -0.25) is 10.1 Å². The lowest BCUT2D eigenvalue weighted by molar-refractivity contribution is -0.121. The van der Waals surface area contributed by atoms with Gasteiger partial charge in [0.05, 0.1) is 4.90 Å². The molecule has 9 nitrogen and oxygen atoms in total. The highest BCUT2D eigenvalue weighted by Crippen LogP contribution is 2.29. The third-order valence-corrected chi connectivity index (χ3v) is 7.06. The minimum Gasteiger partial charge on any atom is -0.405 e. The van der Waals surface area contributed by atoms with Gasteiger partial charge in [0.25, 0.3) is 0 Å². The average molecular weight is 424 g/mol. The normalized spacial score (nSPS) is 21.3. The van der Waals surface area contributed by atoms with Crippen LogP contribution in [0.2, 0.25) is 0 Å². The van der Waals surface area contributed by atoms with E-state index in [1.54, 1.807) is 0 Å². The first-order chi connectivity index (χ1) is 13.9. The molecule has 2 aliphatic heterocycles. The fourth-order valence-corrected chi connectivity index (χ4v) is 4.98. The van der Waals surface area contributed by atoms with Crippen molar-refractivity contribution in [1.29, 1.82) is 0 Å². The number of carbonyl (C=O) groups excluding carboxylic acids is 1. The number of ether oxygens (including phenoxy) is 1. The molecule has 1 atom stereocenters. The molecule has 2 saturated heterocycles. The molecule has 2 aliphatic rings. The Labute approximate surface area is 167 Å². The number of halogens is 1. The third-order valence-electron chi connectivity index (χ3n) is 5.15. The predicted octanol–water partition coefficient (Wildman–Crippen LogP) is 2.10. The van der Waals surface area contributed by atoms with Crippen LogP contribution in [0.25, 0.3) is 0 Å². The molecule has 1 aromatic carbocycles. The van der Waals surface area contributed by atoms with E-state index < -0.39 is 15.8 Å². The van der Waals surface area contributed by atoms with Crippen LogP contribution >= 0.6 is 0 Å². The second kappa shape index (κ2) is 8.17. The molecular formula is C18H21FN4O5S. The number of sulfonamides is 1. The highest BCUT2D eigenvalue weighted by Gasteiger charge is 2.33. The van der Waals surface area contributed by atoms with Crippen LogP contribution in [0, 0.1) is 11.7 Å². The zero-order chi connectivity index (χ0) is 20.4. The van der Waals surface area contributed by atoms with E-state index in [0.29, 0.717) is 25.3 Å². The fourth-order valence-electron chi connectivity index (χ4n) is 3.51. The number of nitrogens with zero attached hydrogens (tertiary/aromatic N) is 3. The fraction of sp³-hybridized carbons (Fsp3) is 0.500. The first-order valence-electron chi connectivity index (χ1n) is 9.45. The van der Waals surface area contributed by atoms with Crippen LogP contribution in [0.4, 0.5) is 10.4 Å². The summed E-state index contributed by atoms with van der Waals surface area (Å²) in [4.78, 5) is 12.5. The lowest BCUT2D eigenvalue weighted by Crippen LogP contribution is -2.41. The Morgan fingerprint density at radius 1 is 1.14 bits per heavy atom. The maximum Gasteiger partial charge on any atom is 0.322 e. The van der Waals surface area contributed by atoms with E-state index in [1.165, 1.54) is 16.4 Å². The average Bonchev–Trinajstić information content (AvgIpc) is 3.40. The van der Waals surface area contributed by atoms with Gasteiger partial charge in [-0.1, -0.05) is 5.10 Å². The Morgan fingerprint density at radius 3 is 2.52 bits per heavy atom. The maximum atomic E-state index is 13.0. The second-order valence-corrected chi connectivity index (χ2v) is 9.01. The largest absolute Gasteiger partial charge is 0.405 e. The summed E-state index contributed by atoms with van der Waals surface area (Å²) in [5, 5.41) is 10.3. The monoisotopic (exact) mass is 424 g/mol. The number of hydrogen-bond acceptors (Lipinski definition) is 7. The van der Waals surface area contributed by atoms with Gasteiger partial charge in [0, 0.05) is 25.6 Å². The van der Waals surface area contributed by atoms with Crippen LogP contribution in [-0.4, -0.2) is 48.5 Å². The second-order valence-electron chi connectivity index (χ2n) is 7.07. The number of hydrogen-bond donors (Lipinski definition) is 1. The summed E-state index contributed by atoms with van der Waals surface area (Å²) in [7, 11) is -3.71. The van der Waals surface area contributed by atoms with Crippen molar-refractivity contribution in [2.45, 2.75) is 36.7 Å². The summed E-state index contributed by atoms with van der Waals surface area (Å²) in [5.41, 5.74) is 0. The first-order valence-corrected chi connectivity index (χ1v) is 10.9. The third kappa shape index (κ3) is 4.31. The Morgan fingerprint density at radius 2 is 1.86 bits per heavy atom. The molecule has 156 valence electrons. The van der Waals surface area contributed by atoms with Gasteiger partial charge in [0.2, 0.25) is 21.8 Å². The van der Waals surface area contributed by atoms with E-state index in [0.717, 1.165) is 25.0 Å². The molecule has 0 bridgehead atoms. The van der Waals surface area contributed by atoms with Gasteiger partial charge in [-0.15, -0.1) is 5.10 Å². The quantitative estimate of drug-likeness (QED) is 0.782. The Bertz CT molecular complexity index is 964. The Hall–Kier alpha value is -2.37. The predicted molar refractivity (Wildman–Crippen MR) is 98.7 cm³/mol. The number of aromatic nitrogens is 2. The molecule has 0 aliphatic carbocycles. The number of amides is 1. The number of anilines is 1. The molecular weight excluding hydrogens is 403 g/mol. The van der Waals surface area contributed by atoms with Crippen molar-refractivity contribution in [3.63, 3.8) is 0 Å². The van der Waals surface area contributed by atoms with Crippen molar-refractivity contribution < 1.29 is 26.8 Å². The van der Waals surface area contributed by atoms with Crippen LogP contribution in [0.3, 0.4) is 0 Å². The molecule has 1 N–H and O–H groups in total. The van der Waals surface area contributed by atoms with Gasteiger partial charge in [-0.05, 0) is 49.9 Å². The van der Waals surface area contributed by atoms with Gasteiger partial charge in [-0.25, -0.2) is 12.8 Å². The molecule has 1 amide bonds. The van der Waals surface area contributed by atoms with E-state index in [1.807, 2.05) is 0 Å². The number of carbonyl (C=O) groups is 1. The van der Waals surface area contributed by atoms with Crippen molar-refractivity contribution in [3.8, 4) is 0 Å². The first kappa shape index (κ1) is 19.9. The lowest BCUT2D eigenvalue weighted by atomic mass is 9.97. The van der Waals surface area contributed by atoms with Crippen LogP contribution in [-0.2, 0) is 19.6 Å². The van der Waals surface area contributed by atoms with Crippen molar-refractivity contribution in [3.05, 3.63) is 36.0 Å². The molecule has 0 radical (unpaired) electrons. The minimum atomic E-state index is -3.71. The zero-order valence-corrected chi connectivity index (χ0v) is 16.4.